The molecule has 1 aliphatic heterocycles. The number of para-hydroxylation sites is 2. The Morgan fingerprint density at radius 2 is 2.11 bits per heavy atom. The molecule has 0 saturated carbocycles. The van der Waals surface area contributed by atoms with Gasteiger partial charge >= 0.3 is 5.63 Å². The number of amidine groups is 1. The van der Waals surface area contributed by atoms with Crippen LogP contribution in [0.3, 0.4) is 0 Å². The molecule has 5 nitrogen and oxygen atoms in total. The Kier molecular flexibility index (Phi) is 4.85. The number of halogens is 1. The zero-order chi connectivity index (χ0) is 19.0. The first kappa shape index (κ1) is 17.9. The van der Waals surface area contributed by atoms with E-state index in [9.17, 15) is 4.79 Å². The topological polar surface area (TPSA) is 63.8 Å². The van der Waals surface area contributed by atoms with Gasteiger partial charge in [0.15, 0.2) is 10.8 Å². The van der Waals surface area contributed by atoms with E-state index < -0.39 is 5.63 Å². The molecule has 0 fully saturated rings. The Labute approximate surface area is 165 Å². The summed E-state index contributed by atoms with van der Waals surface area (Å²) in [7, 11) is 1.64. The minimum atomic E-state index is -0.403. The molecule has 1 N–H and O–H groups in total. The molecule has 3 aromatic rings. The van der Waals surface area contributed by atoms with E-state index in [0.717, 1.165) is 27.6 Å². The molecule has 1 aromatic heterocycles. The molecular weight excluding hydrogens is 384 g/mol. The summed E-state index contributed by atoms with van der Waals surface area (Å²) < 4.78 is 10.9. The summed E-state index contributed by atoms with van der Waals surface area (Å²) in [5, 5.41) is 5.29. The van der Waals surface area contributed by atoms with Gasteiger partial charge in [-0.05, 0) is 30.7 Å². The summed E-state index contributed by atoms with van der Waals surface area (Å²) in [6, 6.07) is 12.8. The highest BCUT2D eigenvalue weighted by Gasteiger charge is 2.25. The minimum Gasteiger partial charge on any atom is -0.495 e. The molecule has 1 unspecified atom stereocenters. The number of nitrogens with zero attached hydrogens (tertiary/aromatic N) is 1. The summed E-state index contributed by atoms with van der Waals surface area (Å²) in [6.07, 6.45) is 0. The van der Waals surface area contributed by atoms with Gasteiger partial charge in [0.2, 0.25) is 0 Å². The monoisotopic (exact) mass is 400 g/mol. The van der Waals surface area contributed by atoms with Crippen molar-refractivity contribution in [3.8, 4) is 5.75 Å². The van der Waals surface area contributed by atoms with Crippen molar-refractivity contribution < 1.29 is 9.15 Å². The highest BCUT2D eigenvalue weighted by molar-refractivity contribution is 8.14. The number of hydrogen-bond donors (Lipinski definition) is 1. The van der Waals surface area contributed by atoms with E-state index >= 15 is 0 Å². The lowest BCUT2D eigenvalue weighted by molar-refractivity contribution is 0.416. The predicted molar refractivity (Wildman–Crippen MR) is 111 cm³/mol. The third-order valence-corrected chi connectivity index (χ3v) is 5.70. The lowest BCUT2D eigenvalue weighted by atomic mass is 10.1. The molecule has 0 spiro atoms. The number of aliphatic imine (C=N–C) groups is 1. The quantitative estimate of drug-likeness (QED) is 0.625. The highest BCUT2D eigenvalue weighted by Crippen LogP contribution is 2.34. The van der Waals surface area contributed by atoms with Crippen molar-refractivity contribution in [2.45, 2.75) is 13.0 Å². The Balaban J connectivity index is 1.66. The Bertz CT molecular complexity index is 1110. The van der Waals surface area contributed by atoms with Crippen molar-refractivity contribution in [2.75, 3.05) is 18.2 Å². The highest BCUT2D eigenvalue weighted by atomic mass is 35.5. The van der Waals surface area contributed by atoms with Crippen molar-refractivity contribution in [3.63, 3.8) is 0 Å². The molecule has 7 heteroatoms. The van der Waals surface area contributed by atoms with Gasteiger partial charge in [0, 0.05) is 11.1 Å². The first-order valence-corrected chi connectivity index (χ1v) is 9.76. The molecule has 4 rings (SSSR count). The molecule has 1 atom stereocenters. The molecule has 2 heterocycles. The van der Waals surface area contributed by atoms with Crippen LogP contribution in [0, 0.1) is 6.92 Å². The number of fused-ring (bicyclic) bond motifs is 1. The molecule has 2 aromatic carbocycles. The van der Waals surface area contributed by atoms with Crippen molar-refractivity contribution in [1.82, 2.24) is 0 Å². The molecule has 0 saturated heterocycles. The number of aryl methyl sites for hydroxylation is 1. The largest absolute Gasteiger partial charge is 0.495 e. The normalized spacial score (nSPS) is 16.4. The van der Waals surface area contributed by atoms with Crippen molar-refractivity contribution in [1.29, 1.82) is 0 Å². The molecule has 0 aliphatic carbocycles. The van der Waals surface area contributed by atoms with Gasteiger partial charge in [-0.3, -0.25) is 4.99 Å². The SMILES string of the molecule is COc1cccc(C)c1NC1=NC(c2cc3cccc(Cl)c3oc2=O)CS1. The van der Waals surface area contributed by atoms with Crippen LogP contribution < -0.4 is 15.7 Å². The van der Waals surface area contributed by atoms with Crippen LogP contribution in [0.25, 0.3) is 11.0 Å². The van der Waals surface area contributed by atoms with Crippen LogP contribution in [0.2, 0.25) is 5.02 Å². The summed E-state index contributed by atoms with van der Waals surface area (Å²) in [5.41, 5.74) is 2.47. The fourth-order valence-corrected chi connectivity index (χ4v) is 4.20. The number of ether oxygens (including phenoxy) is 1. The number of nitrogens with one attached hydrogen (secondary N) is 1. The van der Waals surface area contributed by atoms with Gasteiger partial charge in [-0.2, -0.15) is 0 Å². The lowest BCUT2D eigenvalue weighted by Gasteiger charge is -2.12. The third kappa shape index (κ3) is 3.42. The predicted octanol–water partition coefficient (Wildman–Crippen LogP) is 5.02. The van der Waals surface area contributed by atoms with E-state index in [-0.39, 0.29) is 6.04 Å². The van der Waals surface area contributed by atoms with Gasteiger partial charge < -0.3 is 14.5 Å². The average Bonchev–Trinajstić information content (AvgIpc) is 3.12. The minimum absolute atomic E-state index is 0.271. The van der Waals surface area contributed by atoms with E-state index in [2.05, 4.69) is 10.3 Å². The van der Waals surface area contributed by atoms with E-state index in [1.165, 1.54) is 0 Å². The van der Waals surface area contributed by atoms with Crippen molar-refractivity contribution in [3.05, 3.63) is 69.0 Å². The molecule has 0 amide bonds. The van der Waals surface area contributed by atoms with Crippen molar-refractivity contribution in [2.24, 2.45) is 4.99 Å². The van der Waals surface area contributed by atoms with Gasteiger partial charge in [0.05, 0.1) is 29.4 Å². The Hall–Kier alpha value is -2.44. The Morgan fingerprint density at radius 1 is 1.30 bits per heavy atom. The van der Waals surface area contributed by atoms with Crippen LogP contribution in [0.5, 0.6) is 5.75 Å². The molecule has 27 heavy (non-hydrogen) atoms. The standard InChI is InChI=1S/C20H17ClN2O3S/c1-11-5-3-8-16(25-2)17(11)23-20-22-15(10-27-20)13-9-12-6-4-7-14(21)18(12)26-19(13)24/h3-9,15H,10H2,1-2H3,(H,22,23). The fraction of sp³-hybridized carbons (Fsp3) is 0.200. The maximum Gasteiger partial charge on any atom is 0.341 e. The number of benzene rings is 2. The smallest absolute Gasteiger partial charge is 0.341 e. The molecule has 0 bridgehead atoms. The van der Waals surface area contributed by atoms with Crippen LogP contribution in [0.1, 0.15) is 17.2 Å². The third-order valence-electron chi connectivity index (χ3n) is 4.44. The maximum absolute atomic E-state index is 12.4. The summed E-state index contributed by atoms with van der Waals surface area (Å²) >= 11 is 7.67. The van der Waals surface area contributed by atoms with E-state index in [0.29, 0.717) is 21.9 Å². The summed E-state index contributed by atoms with van der Waals surface area (Å²) in [6.45, 7) is 2.00. The van der Waals surface area contributed by atoms with Crippen LogP contribution in [-0.4, -0.2) is 18.0 Å². The first-order valence-electron chi connectivity index (χ1n) is 8.40. The van der Waals surface area contributed by atoms with E-state index in [4.69, 9.17) is 20.8 Å². The van der Waals surface area contributed by atoms with Crippen LogP contribution in [0.4, 0.5) is 5.69 Å². The molecule has 0 radical (unpaired) electrons. The van der Waals surface area contributed by atoms with E-state index in [1.807, 2.05) is 43.3 Å². The van der Waals surface area contributed by atoms with Gasteiger partial charge in [-0.15, -0.1) is 0 Å². The van der Waals surface area contributed by atoms with Crippen molar-refractivity contribution >= 4 is 45.2 Å². The molecule has 1 aliphatic rings. The zero-order valence-corrected chi connectivity index (χ0v) is 16.4. The first-order chi connectivity index (χ1) is 13.1. The van der Waals surface area contributed by atoms with Gasteiger partial charge in [-0.25, -0.2) is 4.79 Å². The van der Waals surface area contributed by atoms with Crippen LogP contribution in [0.15, 0.2) is 56.7 Å². The summed E-state index contributed by atoms with van der Waals surface area (Å²) in [5.74, 6) is 1.41. The van der Waals surface area contributed by atoms with Gasteiger partial charge in [0.25, 0.3) is 0 Å². The Morgan fingerprint density at radius 3 is 2.93 bits per heavy atom. The van der Waals surface area contributed by atoms with Gasteiger partial charge in [0.1, 0.15) is 5.75 Å². The second-order valence-electron chi connectivity index (χ2n) is 6.19. The lowest BCUT2D eigenvalue weighted by Crippen LogP contribution is -2.11. The number of rotatable bonds is 3. The summed E-state index contributed by atoms with van der Waals surface area (Å²) in [4.78, 5) is 17.1. The van der Waals surface area contributed by atoms with Crippen LogP contribution in [-0.2, 0) is 0 Å². The average molecular weight is 401 g/mol. The number of thioether (sulfide) groups is 1. The number of hydrogen-bond acceptors (Lipinski definition) is 6. The second-order valence-corrected chi connectivity index (χ2v) is 7.60. The van der Waals surface area contributed by atoms with E-state index in [1.54, 1.807) is 24.9 Å². The molecule has 138 valence electrons. The fourth-order valence-electron chi connectivity index (χ4n) is 3.04. The second kappa shape index (κ2) is 7.29. The number of methoxy groups -OCH3 is 1. The van der Waals surface area contributed by atoms with Gasteiger partial charge in [-0.1, -0.05) is 47.6 Å². The van der Waals surface area contributed by atoms with Crippen LogP contribution >= 0.6 is 23.4 Å². The maximum atomic E-state index is 12.4. The zero-order valence-electron chi connectivity index (χ0n) is 14.8. The number of anilines is 1. The molecular formula is C20H17ClN2O3S.